The van der Waals surface area contributed by atoms with Crippen LogP contribution in [0.1, 0.15) is 71.6 Å². The third-order valence-electron chi connectivity index (χ3n) is 11.8. The number of β-amino-alcohol motifs (C(OH)–C–C–N with tert-alkyl or cyclic N) is 1. The first kappa shape index (κ1) is 22.5. The number of cyclic esters (lactones) is 1. The Morgan fingerprint density at radius 3 is 2.55 bits per heavy atom. The second-order valence-electron chi connectivity index (χ2n) is 12.7. The van der Waals surface area contributed by atoms with Crippen molar-refractivity contribution in [3.8, 4) is 0 Å². The quantitative estimate of drug-likeness (QED) is 0.550. The third kappa shape index (κ3) is 3.03. The van der Waals surface area contributed by atoms with Gasteiger partial charge >= 0.3 is 5.97 Å². The lowest BCUT2D eigenvalue weighted by atomic mass is 9.42. The summed E-state index contributed by atoms with van der Waals surface area (Å²) >= 11 is 0. The summed E-state index contributed by atoms with van der Waals surface area (Å²) in [5.41, 5.74) is -0.403. The second kappa shape index (κ2) is 7.52. The Bertz CT molecular complexity index is 859. The number of fused-ring (bicyclic) bond motifs is 5. The smallest absolute Gasteiger partial charge is 0.331 e. The minimum atomic E-state index is -0.892. The maximum Gasteiger partial charge on any atom is 0.331 e. The minimum Gasteiger partial charge on any atom is -0.458 e. The van der Waals surface area contributed by atoms with Crippen molar-refractivity contribution in [1.29, 1.82) is 0 Å². The zero-order chi connectivity index (χ0) is 23.2. The normalized spacial score (nSPS) is 54.4. The van der Waals surface area contributed by atoms with E-state index in [0.717, 1.165) is 63.6 Å². The maximum atomic E-state index is 12.3. The summed E-state index contributed by atoms with van der Waals surface area (Å²) in [5, 5.41) is 34.0. The van der Waals surface area contributed by atoms with Crippen molar-refractivity contribution in [1.82, 2.24) is 4.90 Å². The van der Waals surface area contributed by atoms with E-state index in [0.29, 0.717) is 30.9 Å². The summed E-state index contributed by atoms with van der Waals surface area (Å²) in [4.78, 5) is 14.3. The zero-order valence-corrected chi connectivity index (χ0v) is 20.2. The molecule has 0 aromatic carbocycles. The van der Waals surface area contributed by atoms with Crippen molar-refractivity contribution in [3.05, 3.63) is 11.6 Å². The first-order valence-electron chi connectivity index (χ1n) is 13.4. The van der Waals surface area contributed by atoms with Gasteiger partial charge in [0.25, 0.3) is 0 Å². The van der Waals surface area contributed by atoms with Gasteiger partial charge in [-0.2, -0.15) is 0 Å². The molecule has 6 heteroatoms. The molecule has 0 radical (unpaired) electrons. The molecule has 0 aromatic heterocycles. The van der Waals surface area contributed by atoms with Crippen LogP contribution in [0, 0.1) is 34.5 Å². The summed E-state index contributed by atoms with van der Waals surface area (Å²) in [5.74, 6) is 0.885. The molecule has 0 bridgehead atoms. The molecule has 10 atom stereocenters. The van der Waals surface area contributed by atoms with Crippen LogP contribution >= 0.6 is 0 Å². The number of nitrogens with zero attached hydrogens (tertiary/aromatic N) is 1. The van der Waals surface area contributed by atoms with Gasteiger partial charge in [-0.05, 0) is 92.4 Å². The first-order chi connectivity index (χ1) is 15.7. The van der Waals surface area contributed by atoms with Crippen LogP contribution in [0.3, 0.4) is 0 Å². The molecule has 0 unspecified atom stereocenters. The van der Waals surface area contributed by atoms with Crippen LogP contribution in [0.4, 0.5) is 0 Å². The van der Waals surface area contributed by atoms with Gasteiger partial charge in [0.05, 0.1) is 17.8 Å². The lowest BCUT2D eigenvalue weighted by Gasteiger charge is -2.65. The van der Waals surface area contributed by atoms with Crippen molar-refractivity contribution in [3.63, 3.8) is 0 Å². The van der Waals surface area contributed by atoms with Gasteiger partial charge in [-0.1, -0.05) is 13.8 Å². The summed E-state index contributed by atoms with van der Waals surface area (Å²) in [7, 11) is 0. The van der Waals surface area contributed by atoms with Gasteiger partial charge in [-0.15, -0.1) is 0 Å². The van der Waals surface area contributed by atoms with E-state index in [-0.39, 0.29) is 29.3 Å². The number of ether oxygens (including phenoxy) is 1. The van der Waals surface area contributed by atoms with E-state index in [4.69, 9.17) is 4.74 Å². The van der Waals surface area contributed by atoms with E-state index in [1.165, 1.54) is 6.42 Å². The third-order valence-corrected chi connectivity index (χ3v) is 11.8. The van der Waals surface area contributed by atoms with Gasteiger partial charge in [-0.25, -0.2) is 4.79 Å². The molecular weight excluding hydrogens is 418 g/mol. The monoisotopic (exact) mass is 459 g/mol. The number of aliphatic hydroxyl groups is 3. The standard InChI is InChI=1S/C27H41NO5/c1-25-8-5-18(28-10-7-19(29)14-28)12-17(25)3-4-21-22(25)13-23(30)26(2)20(6-9-27(21,26)32)16-11-24(31)33-15-16/h11,17-23,29-30,32H,3-10,12-15H2,1-2H3/t17-,18+,19-,20-,21-,22+,23-,25+,26+,27+/m1/s1. The number of rotatable bonds is 2. The molecule has 6 rings (SSSR count). The molecule has 6 aliphatic rings. The number of hydrogen-bond donors (Lipinski definition) is 3. The topological polar surface area (TPSA) is 90.2 Å². The van der Waals surface area contributed by atoms with Crippen molar-refractivity contribution < 1.29 is 24.9 Å². The van der Waals surface area contributed by atoms with Crippen molar-refractivity contribution in [2.45, 2.75) is 95.5 Å². The largest absolute Gasteiger partial charge is 0.458 e. The number of hydrogen-bond acceptors (Lipinski definition) is 6. The highest BCUT2D eigenvalue weighted by Crippen LogP contribution is 2.70. The predicted molar refractivity (Wildman–Crippen MR) is 123 cm³/mol. The van der Waals surface area contributed by atoms with Gasteiger partial charge < -0.3 is 20.1 Å². The molecule has 6 nitrogen and oxygen atoms in total. The number of aliphatic hydroxyl groups excluding tert-OH is 2. The van der Waals surface area contributed by atoms with E-state index >= 15 is 0 Å². The SMILES string of the molecule is C[C@]12CC[C@H](N3CC[C@@H](O)C3)C[C@H]1CC[C@@H]1[C@@H]2C[C@@H](O)[C@]2(C)[C@@H](C3=CC(=O)OC3)CC[C@]12O. The van der Waals surface area contributed by atoms with Gasteiger partial charge in [-0.3, -0.25) is 4.90 Å². The minimum absolute atomic E-state index is 0.00719. The lowest BCUT2D eigenvalue weighted by Crippen LogP contribution is -2.67. The van der Waals surface area contributed by atoms with Crippen molar-refractivity contribution in [2.75, 3.05) is 19.7 Å². The number of esters is 1. The number of likely N-dealkylation sites (tertiary alicyclic amines) is 1. The summed E-state index contributed by atoms with van der Waals surface area (Å²) in [6.07, 6.45) is 9.70. The molecule has 3 N–H and O–H groups in total. The molecule has 2 heterocycles. The highest BCUT2D eigenvalue weighted by molar-refractivity contribution is 5.85. The van der Waals surface area contributed by atoms with Gasteiger partial charge in [0.2, 0.25) is 0 Å². The number of carbonyl (C=O) groups excluding carboxylic acids is 1. The van der Waals surface area contributed by atoms with Crippen LogP contribution in [-0.4, -0.2) is 69.7 Å². The van der Waals surface area contributed by atoms with E-state index in [1.807, 2.05) is 0 Å². The molecule has 0 spiro atoms. The van der Waals surface area contributed by atoms with E-state index in [9.17, 15) is 20.1 Å². The molecule has 2 aliphatic heterocycles. The molecule has 5 fully saturated rings. The predicted octanol–water partition coefficient (Wildman–Crippen LogP) is 2.65. The molecule has 1 saturated heterocycles. The Morgan fingerprint density at radius 2 is 1.85 bits per heavy atom. The van der Waals surface area contributed by atoms with E-state index in [2.05, 4.69) is 18.7 Å². The van der Waals surface area contributed by atoms with Crippen LogP contribution < -0.4 is 0 Å². The molecule has 4 saturated carbocycles. The number of carbonyl (C=O) groups is 1. The molecular formula is C27H41NO5. The zero-order valence-electron chi connectivity index (χ0n) is 20.2. The first-order valence-corrected chi connectivity index (χ1v) is 13.4. The van der Waals surface area contributed by atoms with Crippen molar-refractivity contribution in [2.24, 2.45) is 34.5 Å². The van der Waals surface area contributed by atoms with Gasteiger partial charge in [0.15, 0.2) is 0 Å². The fourth-order valence-corrected chi connectivity index (χ4v) is 9.80. The summed E-state index contributed by atoms with van der Waals surface area (Å²) in [6.45, 7) is 6.67. The second-order valence-corrected chi connectivity index (χ2v) is 12.7. The maximum absolute atomic E-state index is 12.3. The van der Waals surface area contributed by atoms with Crippen LogP contribution in [0.15, 0.2) is 11.6 Å². The summed E-state index contributed by atoms with van der Waals surface area (Å²) < 4.78 is 5.21. The van der Waals surface area contributed by atoms with Crippen LogP contribution in [0.5, 0.6) is 0 Å². The molecule has 184 valence electrons. The Balaban J connectivity index is 1.26. The summed E-state index contributed by atoms with van der Waals surface area (Å²) in [6, 6.07) is 0.571. The fraction of sp³-hybridized carbons (Fsp3) is 0.889. The van der Waals surface area contributed by atoms with E-state index in [1.54, 1.807) is 6.08 Å². The van der Waals surface area contributed by atoms with Gasteiger partial charge in [0.1, 0.15) is 6.61 Å². The average Bonchev–Trinajstić information content (AvgIpc) is 3.47. The van der Waals surface area contributed by atoms with Crippen molar-refractivity contribution >= 4 is 5.97 Å². The Labute approximate surface area is 197 Å². The molecule has 0 amide bonds. The Morgan fingerprint density at radius 1 is 1.03 bits per heavy atom. The Kier molecular flexibility index (Phi) is 5.13. The molecule has 4 aliphatic carbocycles. The van der Waals surface area contributed by atoms with Gasteiger partial charge in [0, 0.05) is 30.6 Å². The van der Waals surface area contributed by atoms with Crippen LogP contribution in [0.25, 0.3) is 0 Å². The fourth-order valence-electron chi connectivity index (χ4n) is 9.80. The molecule has 0 aromatic rings. The highest BCUT2D eigenvalue weighted by Gasteiger charge is 2.70. The molecule has 33 heavy (non-hydrogen) atoms. The average molecular weight is 460 g/mol. The Hall–Kier alpha value is -0.950. The van der Waals surface area contributed by atoms with Crippen LogP contribution in [0.2, 0.25) is 0 Å². The lowest BCUT2D eigenvalue weighted by molar-refractivity contribution is -0.244. The van der Waals surface area contributed by atoms with E-state index < -0.39 is 17.1 Å². The van der Waals surface area contributed by atoms with Crippen LogP contribution in [-0.2, 0) is 9.53 Å². The highest BCUT2D eigenvalue weighted by atomic mass is 16.5.